The van der Waals surface area contributed by atoms with Gasteiger partial charge in [-0.25, -0.2) is 0 Å². The fraction of sp³-hybridized carbons (Fsp3) is 0.176. The lowest BCUT2D eigenvalue weighted by molar-refractivity contribution is 1.01. The fourth-order valence-electron chi connectivity index (χ4n) is 2.69. The summed E-state index contributed by atoms with van der Waals surface area (Å²) in [5.74, 6) is 0.385. The molecule has 3 rings (SSSR count). The molecule has 0 nitrogen and oxygen atoms in total. The highest BCUT2D eigenvalue weighted by Crippen LogP contribution is 2.41. The van der Waals surface area contributed by atoms with Crippen LogP contribution in [0.2, 0.25) is 0 Å². The topological polar surface area (TPSA) is 0 Å². The van der Waals surface area contributed by atoms with Gasteiger partial charge in [0.15, 0.2) is 0 Å². The molecule has 2 aromatic rings. The molecule has 90 valence electrons. The van der Waals surface area contributed by atoms with Gasteiger partial charge >= 0.3 is 0 Å². The van der Waals surface area contributed by atoms with Crippen molar-refractivity contribution in [2.24, 2.45) is 0 Å². The standard InChI is InChI=1S/C17H15Br/c1-11-5-3-7-14(12(11)2)15-10-9-13-6-4-8-16(18)17(13)15/h3-10,15H,1-2H3. The zero-order valence-corrected chi connectivity index (χ0v) is 12.2. The maximum atomic E-state index is 3.69. The quantitative estimate of drug-likeness (QED) is 0.677. The zero-order chi connectivity index (χ0) is 12.7. The number of hydrogen-bond acceptors (Lipinski definition) is 0. The molecule has 0 spiro atoms. The summed E-state index contributed by atoms with van der Waals surface area (Å²) in [7, 11) is 0. The highest BCUT2D eigenvalue weighted by Gasteiger charge is 2.22. The highest BCUT2D eigenvalue weighted by atomic mass is 79.9. The van der Waals surface area contributed by atoms with Gasteiger partial charge in [-0.2, -0.15) is 0 Å². The van der Waals surface area contributed by atoms with Crippen LogP contribution in [0, 0.1) is 13.8 Å². The second-order valence-electron chi connectivity index (χ2n) is 4.87. The van der Waals surface area contributed by atoms with Gasteiger partial charge in [0.25, 0.3) is 0 Å². The molecule has 1 heteroatoms. The summed E-state index contributed by atoms with van der Waals surface area (Å²) in [5, 5.41) is 0. The molecular formula is C17H15Br. The van der Waals surface area contributed by atoms with Gasteiger partial charge in [-0.05, 0) is 47.7 Å². The average Bonchev–Trinajstić information content (AvgIpc) is 2.78. The van der Waals surface area contributed by atoms with Crippen LogP contribution in [0.5, 0.6) is 0 Å². The average molecular weight is 299 g/mol. The molecule has 1 unspecified atom stereocenters. The summed E-state index contributed by atoms with van der Waals surface area (Å²) in [6, 6.07) is 13.0. The SMILES string of the molecule is Cc1cccc(C2C=Cc3cccc(Br)c32)c1C. The summed E-state index contributed by atoms with van der Waals surface area (Å²) in [6.45, 7) is 4.39. The summed E-state index contributed by atoms with van der Waals surface area (Å²) in [6.07, 6.45) is 4.53. The molecule has 0 fully saturated rings. The van der Waals surface area contributed by atoms with Crippen LogP contribution in [0.4, 0.5) is 0 Å². The summed E-state index contributed by atoms with van der Waals surface area (Å²) in [5.41, 5.74) is 6.90. The number of rotatable bonds is 1. The van der Waals surface area contributed by atoms with Crippen molar-refractivity contribution in [1.82, 2.24) is 0 Å². The van der Waals surface area contributed by atoms with Crippen LogP contribution in [0.1, 0.15) is 33.7 Å². The molecular weight excluding hydrogens is 284 g/mol. The Balaban J connectivity index is 2.18. The van der Waals surface area contributed by atoms with E-state index in [1.807, 2.05) is 0 Å². The fourth-order valence-corrected chi connectivity index (χ4v) is 3.32. The molecule has 18 heavy (non-hydrogen) atoms. The summed E-state index contributed by atoms with van der Waals surface area (Å²) < 4.78 is 1.20. The second-order valence-corrected chi connectivity index (χ2v) is 5.72. The predicted octanol–water partition coefficient (Wildman–Crippen LogP) is 5.22. The third kappa shape index (κ3) is 1.74. The largest absolute Gasteiger partial charge is 0.0720 e. The summed E-state index contributed by atoms with van der Waals surface area (Å²) >= 11 is 3.69. The van der Waals surface area contributed by atoms with Gasteiger partial charge in [-0.1, -0.05) is 58.4 Å². The highest BCUT2D eigenvalue weighted by molar-refractivity contribution is 9.10. The Morgan fingerprint density at radius 1 is 1.00 bits per heavy atom. The lowest BCUT2D eigenvalue weighted by Gasteiger charge is -2.17. The molecule has 1 atom stereocenters. The van der Waals surface area contributed by atoms with Gasteiger partial charge in [-0.15, -0.1) is 0 Å². The van der Waals surface area contributed by atoms with E-state index in [-0.39, 0.29) is 0 Å². The van der Waals surface area contributed by atoms with E-state index < -0.39 is 0 Å². The molecule has 0 heterocycles. The lowest BCUT2D eigenvalue weighted by atomic mass is 9.88. The number of halogens is 1. The number of hydrogen-bond donors (Lipinski definition) is 0. The first kappa shape index (κ1) is 11.7. The van der Waals surface area contributed by atoms with Crippen molar-refractivity contribution in [2.75, 3.05) is 0 Å². The molecule has 0 aliphatic heterocycles. The molecule has 1 aliphatic rings. The zero-order valence-electron chi connectivity index (χ0n) is 10.6. The molecule has 0 saturated carbocycles. The molecule has 0 bridgehead atoms. The van der Waals surface area contributed by atoms with E-state index in [2.05, 4.69) is 78.3 Å². The molecule has 0 radical (unpaired) electrons. The minimum absolute atomic E-state index is 0.385. The first-order valence-electron chi connectivity index (χ1n) is 6.21. The van der Waals surface area contributed by atoms with Gasteiger partial charge in [0.05, 0.1) is 0 Å². The predicted molar refractivity (Wildman–Crippen MR) is 80.9 cm³/mol. The Morgan fingerprint density at radius 2 is 1.78 bits per heavy atom. The van der Waals surface area contributed by atoms with Crippen molar-refractivity contribution in [3.8, 4) is 0 Å². The van der Waals surface area contributed by atoms with E-state index in [1.165, 1.54) is 32.3 Å². The third-order valence-corrected chi connectivity index (χ3v) is 4.54. The van der Waals surface area contributed by atoms with E-state index >= 15 is 0 Å². The van der Waals surface area contributed by atoms with E-state index in [1.54, 1.807) is 0 Å². The number of allylic oxidation sites excluding steroid dienone is 1. The molecule has 0 aromatic heterocycles. The van der Waals surface area contributed by atoms with Crippen LogP contribution in [-0.2, 0) is 0 Å². The molecule has 0 amide bonds. The van der Waals surface area contributed by atoms with Crippen molar-refractivity contribution in [2.45, 2.75) is 19.8 Å². The van der Waals surface area contributed by atoms with Crippen LogP contribution >= 0.6 is 15.9 Å². The molecule has 2 aromatic carbocycles. The van der Waals surface area contributed by atoms with E-state index in [9.17, 15) is 0 Å². The van der Waals surface area contributed by atoms with Crippen LogP contribution in [-0.4, -0.2) is 0 Å². The van der Waals surface area contributed by atoms with Crippen LogP contribution in [0.25, 0.3) is 6.08 Å². The Morgan fingerprint density at radius 3 is 2.61 bits per heavy atom. The minimum atomic E-state index is 0.385. The normalized spacial score (nSPS) is 16.9. The Hall–Kier alpha value is -1.34. The Bertz CT molecular complexity index is 638. The van der Waals surface area contributed by atoms with Gasteiger partial charge < -0.3 is 0 Å². The van der Waals surface area contributed by atoms with Crippen LogP contribution in [0.3, 0.4) is 0 Å². The molecule has 0 saturated heterocycles. The van der Waals surface area contributed by atoms with E-state index in [0.29, 0.717) is 5.92 Å². The maximum Gasteiger partial charge on any atom is 0.0292 e. The van der Waals surface area contributed by atoms with E-state index in [0.717, 1.165) is 0 Å². The first-order valence-corrected chi connectivity index (χ1v) is 7.00. The lowest BCUT2D eigenvalue weighted by Crippen LogP contribution is -2.00. The van der Waals surface area contributed by atoms with E-state index in [4.69, 9.17) is 0 Å². The minimum Gasteiger partial charge on any atom is -0.0720 e. The van der Waals surface area contributed by atoms with Gasteiger partial charge in [0, 0.05) is 10.4 Å². The monoisotopic (exact) mass is 298 g/mol. The van der Waals surface area contributed by atoms with Gasteiger partial charge in [0.1, 0.15) is 0 Å². The van der Waals surface area contributed by atoms with Crippen molar-refractivity contribution >= 4 is 22.0 Å². The first-order chi connectivity index (χ1) is 8.68. The van der Waals surface area contributed by atoms with Gasteiger partial charge in [-0.3, -0.25) is 0 Å². The number of benzene rings is 2. The van der Waals surface area contributed by atoms with Crippen LogP contribution in [0.15, 0.2) is 46.9 Å². The Kier molecular flexibility index (Phi) is 2.87. The third-order valence-electron chi connectivity index (χ3n) is 3.85. The van der Waals surface area contributed by atoms with Crippen molar-refractivity contribution in [1.29, 1.82) is 0 Å². The number of fused-ring (bicyclic) bond motifs is 1. The van der Waals surface area contributed by atoms with Crippen LogP contribution < -0.4 is 0 Å². The second kappa shape index (κ2) is 4.40. The van der Waals surface area contributed by atoms with Crippen molar-refractivity contribution in [3.05, 3.63) is 74.8 Å². The summed E-state index contributed by atoms with van der Waals surface area (Å²) in [4.78, 5) is 0. The number of aryl methyl sites for hydroxylation is 1. The van der Waals surface area contributed by atoms with Crippen molar-refractivity contribution in [3.63, 3.8) is 0 Å². The molecule has 0 N–H and O–H groups in total. The molecule has 1 aliphatic carbocycles. The smallest absolute Gasteiger partial charge is 0.0292 e. The Labute approximate surface area is 116 Å². The van der Waals surface area contributed by atoms with Gasteiger partial charge in [0.2, 0.25) is 0 Å². The maximum absolute atomic E-state index is 3.69. The van der Waals surface area contributed by atoms with Crippen molar-refractivity contribution < 1.29 is 0 Å².